The molecule has 0 fully saturated rings. The molecule has 0 atom stereocenters. The van der Waals surface area contributed by atoms with E-state index in [1.54, 1.807) is 0 Å². The first kappa shape index (κ1) is 55.5. The van der Waals surface area contributed by atoms with Gasteiger partial charge in [-0.1, -0.05) is 22.3 Å². The minimum Gasteiger partial charge on any atom is -0.554 e. The molecule has 7 heavy (non-hydrogen) atoms. The summed E-state index contributed by atoms with van der Waals surface area (Å²) in [4.78, 5) is 8.25. The standard InChI is InChI=1S/CH2O2.3CH4.Sn/c2-1-3;;;;/h1H,(H,2,3);3*1H4;/p-1. The summed E-state index contributed by atoms with van der Waals surface area (Å²) in [5, 5.41) is 8.25. The Hall–Kier alpha value is 0.269. The molecule has 0 heterocycles. The van der Waals surface area contributed by atoms with Crippen molar-refractivity contribution < 1.29 is 9.90 Å². The summed E-state index contributed by atoms with van der Waals surface area (Å²) in [5.41, 5.74) is 0. The molecule has 0 aromatic heterocycles. The Balaban J connectivity index is -0.00000000333. The Morgan fingerprint density at radius 2 is 1.14 bits per heavy atom. The Labute approximate surface area is 62.9 Å². The normalized spacial score (nSPS) is 1.71. The summed E-state index contributed by atoms with van der Waals surface area (Å²) in [6.07, 6.45) is 0. The third kappa shape index (κ3) is 1580. The van der Waals surface area contributed by atoms with Crippen LogP contribution in [0.15, 0.2) is 0 Å². The minimum atomic E-state index is -0.500. The van der Waals surface area contributed by atoms with Crippen LogP contribution in [0.2, 0.25) is 0 Å². The molecule has 0 aromatic carbocycles. The van der Waals surface area contributed by atoms with Crippen molar-refractivity contribution in [1.82, 2.24) is 0 Å². The van der Waals surface area contributed by atoms with Gasteiger partial charge in [-0.25, -0.2) is 0 Å². The van der Waals surface area contributed by atoms with E-state index in [1.807, 2.05) is 0 Å². The van der Waals surface area contributed by atoms with Crippen molar-refractivity contribution in [2.45, 2.75) is 22.3 Å². The first-order chi connectivity index (χ1) is 1.41. The van der Waals surface area contributed by atoms with E-state index in [4.69, 9.17) is 9.90 Å². The van der Waals surface area contributed by atoms with Gasteiger partial charge in [-0.3, -0.25) is 0 Å². The van der Waals surface area contributed by atoms with Gasteiger partial charge in [0.25, 0.3) is 0 Å². The van der Waals surface area contributed by atoms with Gasteiger partial charge in [0.05, 0.1) is 0 Å². The molecule has 0 N–H and O–H groups in total. The van der Waals surface area contributed by atoms with Crippen LogP contribution >= 0.6 is 0 Å². The summed E-state index contributed by atoms with van der Waals surface area (Å²) in [6.45, 7) is -0.500. The van der Waals surface area contributed by atoms with Gasteiger partial charge in [-0.05, 0) is 0 Å². The van der Waals surface area contributed by atoms with E-state index in [0.29, 0.717) is 0 Å². The zero-order valence-corrected chi connectivity index (χ0v) is 4.75. The molecule has 0 unspecified atom stereocenters. The van der Waals surface area contributed by atoms with Gasteiger partial charge >= 0.3 is 0 Å². The molecule has 0 aliphatic heterocycles. The van der Waals surface area contributed by atoms with Crippen molar-refractivity contribution in [1.29, 1.82) is 0 Å². The number of hydrogen-bond acceptors (Lipinski definition) is 2. The fraction of sp³-hybridized carbons (Fsp3) is 0.750. The van der Waals surface area contributed by atoms with Crippen LogP contribution in [0.5, 0.6) is 0 Å². The zero-order valence-electron chi connectivity index (χ0n) is 1.89. The van der Waals surface area contributed by atoms with Crippen LogP contribution in [-0.4, -0.2) is 30.4 Å². The van der Waals surface area contributed by atoms with Crippen molar-refractivity contribution in [3.63, 3.8) is 0 Å². The van der Waals surface area contributed by atoms with E-state index >= 15 is 0 Å². The van der Waals surface area contributed by atoms with Gasteiger partial charge in [0, 0.05) is 30.4 Å². The van der Waals surface area contributed by atoms with Crippen molar-refractivity contribution in [2.24, 2.45) is 0 Å². The Morgan fingerprint density at radius 1 is 1.14 bits per heavy atom. The maximum Gasteiger partial charge on any atom is 0.0275 e. The molecule has 4 radical (unpaired) electrons. The monoisotopic (exact) mass is 213 g/mol. The molecule has 0 aliphatic rings. The van der Waals surface area contributed by atoms with Crippen LogP contribution in [0.1, 0.15) is 22.3 Å². The van der Waals surface area contributed by atoms with E-state index in [2.05, 4.69) is 0 Å². The average molecular weight is 212 g/mol. The predicted molar refractivity (Wildman–Crippen MR) is 32.0 cm³/mol. The fourth-order valence-corrected chi connectivity index (χ4v) is 0. The average Bonchev–Trinajstić information content (AvgIpc) is 0.918. The van der Waals surface area contributed by atoms with E-state index in [0.717, 1.165) is 0 Å². The van der Waals surface area contributed by atoms with Crippen LogP contribution < -0.4 is 5.11 Å². The molecule has 0 aliphatic carbocycles. The van der Waals surface area contributed by atoms with Crippen molar-refractivity contribution in [3.05, 3.63) is 0 Å². The van der Waals surface area contributed by atoms with Gasteiger partial charge in [0.15, 0.2) is 0 Å². The van der Waals surface area contributed by atoms with E-state index in [-0.39, 0.29) is 46.2 Å². The molecule has 0 amide bonds. The van der Waals surface area contributed by atoms with Crippen molar-refractivity contribution in [3.8, 4) is 0 Å². The Bertz CT molecular complexity index is 17.2. The third-order valence-electron chi connectivity index (χ3n) is 0. The molecule has 2 nitrogen and oxygen atoms in total. The van der Waals surface area contributed by atoms with Crippen molar-refractivity contribution >= 4 is 30.4 Å². The zero-order chi connectivity index (χ0) is 2.71. The number of carboxylic acid groups (broad SMARTS) is 1. The second kappa shape index (κ2) is 108. The molecule has 0 rings (SSSR count). The summed E-state index contributed by atoms with van der Waals surface area (Å²) in [6, 6.07) is 0. The molecule has 3 heteroatoms. The maximum atomic E-state index is 8.25. The van der Waals surface area contributed by atoms with Crippen LogP contribution in [-0.2, 0) is 4.79 Å². The Kier molecular flexibility index (Phi) is 857. The first-order valence-corrected chi connectivity index (χ1v) is 0.471. The summed E-state index contributed by atoms with van der Waals surface area (Å²) in [7, 11) is 0. The number of hydrogen-bond donors (Lipinski definition) is 0. The topological polar surface area (TPSA) is 40.1 Å². The SMILES string of the molecule is C.C.C.O=C[O-].[Sn]. The third-order valence-corrected chi connectivity index (χ3v) is 0. The molecule has 0 saturated carbocycles. The molecule has 0 bridgehead atoms. The molecule has 0 saturated heterocycles. The molecule has 0 spiro atoms. The van der Waals surface area contributed by atoms with Gasteiger partial charge in [0.1, 0.15) is 0 Å². The number of carbonyl (C=O) groups is 1. The molecular weight excluding hydrogens is 199 g/mol. The first-order valence-electron chi connectivity index (χ1n) is 0.471. The second-order valence-electron chi connectivity index (χ2n) is 0.0962. The summed E-state index contributed by atoms with van der Waals surface area (Å²) in [5.74, 6) is 0. The van der Waals surface area contributed by atoms with Crippen LogP contribution in [0.3, 0.4) is 0 Å². The van der Waals surface area contributed by atoms with E-state index in [1.165, 1.54) is 0 Å². The predicted octanol–water partition coefficient (Wildman–Crippen LogP) is -0.106. The smallest absolute Gasteiger partial charge is 0.0275 e. The minimum absolute atomic E-state index is 0. The van der Waals surface area contributed by atoms with E-state index < -0.39 is 6.47 Å². The van der Waals surface area contributed by atoms with Crippen LogP contribution in [0.4, 0.5) is 0 Å². The van der Waals surface area contributed by atoms with Gasteiger partial charge < -0.3 is 9.90 Å². The molecule has 46 valence electrons. The second-order valence-corrected chi connectivity index (χ2v) is 0.0962. The Morgan fingerprint density at radius 3 is 1.14 bits per heavy atom. The van der Waals surface area contributed by atoms with Gasteiger partial charge in [0.2, 0.25) is 0 Å². The van der Waals surface area contributed by atoms with Crippen LogP contribution in [0.25, 0.3) is 0 Å². The quantitative estimate of drug-likeness (QED) is 0.415. The number of carbonyl (C=O) groups excluding carboxylic acids is 1. The van der Waals surface area contributed by atoms with E-state index in [9.17, 15) is 0 Å². The summed E-state index contributed by atoms with van der Waals surface area (Å²) < 4.78 is 0. The fourth-order valence-electron chi connectivity index (χ4n) is 0. The van der Waals surface area contributed by atoms with Crippen molar-refractivity contribution in [2.75, 3.05) is 0 Å². The van der Waals surface area contributed by atoms with Gasteiger partial charge in [-0.15, -0.1) is 0 Å². The molecule has 0 aromatic rings. The molecular formula is C4H13O2Sn-. The maximum absolute atomic E-state index is 8.25. The summed E-state index contributed by atoms with van der Waals surface area (Å²) >= 11 is 0. The number of rotatable bonds is 0. The van der Waals surface area contributed by atoms with Gasteiger partial charge in [-0.2, -0.15) is 0 Å². The van der Waals surface area contributed by atoms with Crippen LogP contribution in [0, 0.1) is 0 Å². The largest absolute Gasteiger partial charge is 0.554 e.